The summed E-state index contributed by atoms with van der Waals surface area (Å²) in [5.74, 6) is 2.70. The van der Waals surface area contributed by atoms with Crippen molar-refractivity contribution in [3.63, 3.8) is 0 Å². The second kappa shape index (κ2) is 2.71. The monoisotopic (exact) mass is 361 g/mol. The SMILES string of the molecule is NC(=O)N/N=C1\[C@H]2[C@H]3C[C@H]4[C@H]5[C@@H]3[C@H]1[C@](F)([C@@H]42)[C@@H]5I. The molecule has 6 aliphatic rings. The lowest BCUT2D eigenvalue weighted by Crippen LogP contribution is -2.42. The highest BCUT2D eigenvalue weighted by Crippen LogP contribution is 2.85. The minimum Gasteiger partial charge on any atom is -0.350 e. The smallest absolute Gasteiger partial charge is 0.332 e. The third-order valence-corrected chi connectivity index (χ3v) is 8.16. The lowest BCUT2D eigenvalue weighted by atomic mass is 9.70. The fourth-order valence-corrected chi connectivity index (χ4v) is 8.26. The van der Waals surface area contributed by atoms with Gasteiger partial charge in [0.15, 0.2) is 0 Å². The number of carbonyl (C=O) groups is 1. The fourth-order valence-electron chi connectivity index (χ4n) is 6.44. The summed E-state index contributed by atoms with van der Waals surface area (Å²) in [5.41, 5.74) is 7.26. The van der Waals surface area contributed by atoms with Crippen LogP contribution >= 0.6 is 22.6 Å². The summed E-state index contributed by atoms with van der Waals surface area (Å²) >= 11 is 2.33. The Hall–Kier alpha value is -0.400. The van der Waals surface area contributed by atoms with Crippen LogP contribution in [0, 0.1) is 41.4 Å². The second-order valence-electron chi connectivity index (χ2n) is 6.49. The number of nitrogens with one attached hydrogen (secondary N) is 1. The van der Waals surface area contributed by atoms with Gasteiger partial charge in [0.25, 0.3) is 0 Å². The van der Waals surface area contributed by atoms with Gasteiger partial charge >= 0.3 is 6.03 Å². The van der Waals surface area contributed by atoms with Gasteiger partial charge in [-0.05, 0) is 30.1 Å². The van der Waals surface area contributed by atoms with Crippen molar-refractivity contribution in [3.8, 4) is 0 Å². The van der Waals surface area contributed by atoms with Gasteiger partial charge in [0, 0.05) is 27.4 Å². The summed E-state index contributed by atoms with van der Waals surface area (Å²) in [5, 5.41) is 4.17. The first-order chi connectivity index (χ1) is 8.56. The molecule has 0 unspecified atom stereocenters. The Labute approximate surface area is 117 Å². The van der Waals surface area contributed by atoms with E-state index in [-0.39, 0.29) is 21.7 Å². The van der Waals surface area contributed by atoms with Crippen LogP contribution in [0.2, 0.25) is 0 Å². The van der Waals surface area contributed by atoms with Crippen molar-refractivity contribution in [3.05, 3.63) is 0 Å². The molecule has 18 heavy (non-hydrogen) atoms. The zero-order valence-corrected chi connectivity index (χ0v) is 11.7. The summed E-state index contributed by atoms with van der Waals surface area (Å²) in [7, 11) is 0. The summed E-state index contributed by atoms with van der Waals surface area (Å²) in [4.78, 5) is 10.8. The maximum Gasteiger partial charge on any atom is 0.332 e. The largest absolute Gasteiger partial charge is 0.350 e. The van der Waals surface area contributed by atoms with Crippen LogP contribution in [-0.2, 0) is 0 Å². The molecule has 0 spiro atoms. The molecule has 6 fully saturated rings. The van der Waals surface area contributed by atoms with Crippen molar-refractivity contribution in [2.75, 3.05) is 0 Å². The number of nitrogens with zero attached hydrogens (tertiary/aromatic N) is 1. The average molecular weight is 361 g/mol. The number of hydrogen-bond acceptors (Lipinski definition) is 2. The topological polar surface area (TPSA) is 67.5 Å². The zero-order valence-electron chi connectivity index (χ0n) is 9.51. The van der Waals surface area contributed by atoms with Crippen LogP contribution in [-0.4, -0.2) is 21.3 Å². The Morgan fingerprint density at radius 1 is 1.50 bits per heavy atom. The molecule has 6 heteroatoms. The third kappa shape index (κ3) is 0.750. The van der Waals surface area contributed by atoms with Gasteiger partial charge in [-0.15, -0.1) is 0 Å². The Kier molecular flexibility index (Phi) is 1.57. The molecular weight excluding hydrogens is 348 g/mol. The molecule has 0 saturated heterocycles. The minimum atomic E-state index is -1.05. The van der Waals surface area contributed by atoms with E-state index >= 15 is 4.39 Å². The number of alkyl halides is 2. The molecule has 0 aromatic rings. The van der Waals surface area contributed by atoms with Crippen molar-refractivity contribution in [1.29, 1.82) is 0 Å². The molecule has 3 N–H and O–H groups in total. The van der Waals surface area contributed by atoms with Crippen LogP contribution in [0.5, 0.6) is 0 Å². The standard InChI is InChI=1S/C12H13FIN3O/c13-12-7-3-1-2-4(5(3)10(12)14)8(12)9(6(2)7)16-17-11(15)18/h2-8,10H,1H2,(H3,15,17,18)/b16-9+/t2-,3-,4+,5-,6-,7-,8+,10+,12+/m0/s1. The Morgan fingerprint density at radius 2 is 2.28 bits per heavy atom. The first-order valence-electron chi connectivity index (χ1n) is 6.52. The van der Waals surface area contributed by atoms with E-state index in [1.165, 1.54) is 6.42 Å². The molecule has 0 heterocycles. The van der Waals surface area contributed by atoms with Gasteiger partial charge < -0.3 is 5.73 Å². The van der Waals surface area contributed by atoms with Gasteiger partial charge in [-0.1, -0.05) is 22.6 Å². The quantitative estimate of drug-likeness (QED) is 0.413. The van der Waals surface area contributed by atoms with Gasteiger partial charge in [0.05, 0.1) is 0 Å². The molecule has 96 valence electrons. The molecule has 9 atom stereocenters. The van der Waals surface area contributed by atoms with Crippen LogP contribution in [0.1, 0.15) is 6.42 Å². The summed E-state index contributed by atoms with van der Waals surface area (Å²) in [6.45, 7) is 0. The third-order valence-electron chi connectivity index (χ3n) is 6.38. The van der Waals surface area contributed by atoms with Crippen LogP contribution in [0.25, 0.3) is 0 Å². The number of hydrazone groups is 1. The van der Waals surface area contributed by atoms with Gasteiger partial charge in [-0.3, -0.25) is 0 Å². The number of primary amides is 1. The zero-order chi connectivity index (χ0) is 12.4. The van der Waals surface area contributed by atoms with Crippen molar-refractivity contribution in [2.24, 2.45) is 52.3 Å². The lowest BCUT2D eigenvalue weighted by molar-refractivity contribution is 0.0218. The maximum atomic E-state index is 15.4. The van der Waals surface area contributed by atoms with Gasteiger partial charge in [0.1, 0.15) is 5.67 Å². The molecule has 0 aromatic heterocycles. The van der Waals surface area contributed by atoms with Crippen LogP contribution in [0.3, 0.4) is 0 Å². The van der Waals surface area contributed by atoms with Gasteiger partial charge in [0.2, 0.25) is 0 Å². The van der Waals surface area contributed by atoms with E-state index in [4.69, 9.17) is 5.73 Å². The van der Waals surface area contributed by atoms with E-state index in [2.05, 4.69) is 33.1 Å². The van der Waals surface area contributed by atoms with Crippen LogP contribution in [0.4, 0.5) is 9.18 Å². The number of nitrogens with two attached hydrogens (primary N) is 1. The molecule has 0 aliphatic heterocycles. The van der Waals surface area contributed by atoms with E-state index in [0.29, 0.717) is 23.7 Å². The van der Waals surface area contributed by atoms with Crippen molar-refractivity contribution >= 4 is 34.3 Å². The molecule has 6 aliphatic carbocycles. The lowest BCUT2D eigenvalue weighted by Gasteiger charge is -2.36. The number of rotatable bonds is 1. The number of carbonyl (C=O) groups excluding carboxylic acids is 1. The van der Waals surface area contributed by atoms with E-state index in [0.717, 1.165) is 5.71 Å². The molecule has 4 nitrogen and oxygen atoms in total. The number of urea groups is 1. The first-order valence-corrected chi connectivity index (χ1v) is 7.77. The molecule has 0 radical (unpaired) electrons. The first kappa shape index (κ1) is 10.4. The highest BCUT2D eigenvalue weighted by Gasteiger charge is 2.89. The van der Waals surface area contributed by atoms with E-state index in [9.17, 15) is 4.79 Å². The molecule has 0 aromatic carbocycles. The average Bonchev–Trinajstić information content (AvgIpc) is 2.99. The van der Waals surface area contributed by atoms with Gasteiger partial charge in [-0.2, -0.15) is 5.10 Å². The number of hydrogen-bond donors (Lipinski definition) is 2. The molecule has 6 saturated carbocycles. The summed E-state index contributed by atoms with van der Waals surface area (Å²) < 4.78 is 15.6. The van der Waals surface area contributed by atoms with Crippen molar-refractivity contribution in [1.82, 2.24) is 5.43 Å². The van der Waals surface area contributed by atoms with Crippen molar-refractivity contribution < 1.29 is 9.18 Å². The van der Waals surface area contributed by atoms with E-state index < -0.39 is 11.7 Å². The maximum absolute atomic E-state index is 15.4. The van der Waals surface area contributed by atoms with E-state index in [1.54, 1.807) is 0 Å². The van der Waals surface area contributed by atoms with Crippen LogP contribution < -0.4 is 11.2 Å². The predicted octanol–water partition coefficient (Wildman–Crippen LogP) is 1.29. The molecular formula is C12H13FIN3O. The van der Waals surface area contributed by atoms with Crippen LogP contribution in [0.15, 0.2) is 5.10 Å². The number of amides is 2. The normalized spacial score (nSPS) is 66.9. The molecule has 6 bridgehead atoms. The van der Waals surface area contributed by atoms with Crippen molar-refractivity contribution in [2.45, 2.75) is 16.0 Å². The highest BCUT2D eigenvalue weighted by atomic mass is 127. The van der Waals surface area contributed by atoms with E-state index in [1.807, 2.05) is 0 Å². The fraction of sp³-hybridized carbons (Fsp3) is 0.833. The Balaban J connectivity index is 1.67. The highest BCUT2D eigenvalue weighted by molar-refractivity contribution is 14.1. The van der Waals surface area contributed by atoms with Gasteiger partial charge in [-0.25, -0.2) is 14.6 Å². The second-order valence-corrected chi connectivity index (χ2v) is 7.83. The number of halogens is 2. The predicted molar refractivity (Wildman–Crippen MR) is 70.8 cm³/mol. The molecule has 2 amide bonds. The Bertz CT molecular complexity index is 523. The minimum absolute atomic E-state index is 0.0324. The molecule has 6 rings (SSSR count). The summed E-state index contributed by atoms with van der Waals surface area (Å²) in [6, 6.07) is -0.653. The Morgan fingerprint density at radius 3 is 2.94 bits per heavy atom. The summed E-state index contributed by atoms with van der Waals surface area (Å²) in [6.07, 6.45) is 1.18.